The lowest BCUT2D eigenvalue weighted by Gasteiger charge is -2.11. The van der Waals surface area contributed by atoms with Crippen molar-refractivity contribution in [1.82, 2.24) is 9.97 Å². The van der Waals surface area contributed by atoms with Gasteiger partial charge >= 0.3 is 0 Å². The second-order valence-electron chi connectivity index (χ2n) is 6.08. The summed E-state index contributed by atoms with van der Waals surface area (Å²) in [5, 5.41) is 3.42. The van der Waals surface area contributed by atoms with Crippen molar-refractivity contribution in [2.75, 3.05) is 12.4 Å². The van der Waals surface area contributed by atoms with E-state index in [1.54, 1.807) is 25.1 Å². The van der Waals surface area contributed by atoms with Crippen molar-refractivity contribution >= 4 is 29.2 Å². The summed E-state index contributed by atoms with van der Waals surface area (Å²) in [5.41, 5.74) is 8.47. The SMILES string of the molecule is COc1ccc(Cl)cc1N/C(N)=N/c1nc(C)c(Cc2ccccc2)c(=O)[nH]1. The molecule has 4 N–H and O–H groups in total. The number of halogens is 1. The van der Waals surface area contributed by atoms with E-state index in [2.05, 4.69) is 20.3 Å². The Balaban J connectivity index is 1.84. The van der Waals surface area contributed by atoms with Gasteiger partial charge in [-0.3, -0.25) is 9.78 Å². The normalized spacial score (nSPS) is 11.3. The van der Waals surface area contributed by atoms with Gasteiger partial charge in [0, 0.05) is 17.0 Å². The Bertz CT molecular complexity index is 1060. The lowest BCUT2D eigenvalue weighted by atomic mass is 10.1. The first-order valence-corrected chi connectivity index (χ1v) is 8.92. The zero-order chi connectivity index (χ0) is 20.1. The Hall–Kier alpha value is -3.32. The molecule has 144 valence electrons. The molecular weight excluding hydrogens is 378 g/mol. The quantitative estimate of drug-likeness (QED) is 0.452. The van der Waals surface area contributed by atoms with Crippen LogP contribution < -0.4 is 21.3 Å². The van der Waals surface area contributed by atoms with Gasteiger partial charge in [0.1, 0.15) is 5.75 Å². The summed E-state index contributed by atoms with van der Waals surface area (Å²) in [6.45, 7) is 1.77. The summed E-state index contributed by atoms with van der Waals surface area (Å²) < 4.78 is 5.26. The first kappa shape index (κ1) is 19.4. The highest BCUT2D eigenvalue weighted by Gasteiger charge is 2.10. The summed E-state index contributed by atoms with van der Waals surface area (Å²) in [4.78, 5) is 23.6. The van der Waals surface area contributed by atoms with Crippen LogP contribution in [0.2, 0.25) is 5.02 Å². The Kier molecular flexibility index (Phi) is 5.96. The van der Waals surface area contributed by atoms with Crippen LogP contribution in [0.3, 0.4) is 0 Å². The number of nitrogens with one attached hydrogen (secondary N) is 2. The molecule has 28 heavy (non-hydrogen) atoms. The van der Waals surface area contributed by atoms with Crippen LogP contribution >= 0.6 is 11.6 Å². The highest BCUT2D eigenvalue weighted by molar-refractivity contribution is 6.31. The average molecular weight is 398 g/mol. The maximum absolute atomic E-state index is 12.5. The van der Waals surface area contributed by atoms with Crippen molar-refractivity contribution in [3.63, 3.8) is 0 Å². The van der Waals surface area contributed by atoms with Gasteiger partial charge in [0.25, 0.3) is 5.56 Å². The van der Waals surface area contributed by atoms with Crippen LogP contribution in [-0.2, 0) is 6.42 Å². The van der Waals surface area contributed by atoms with Crippen LogP contribution in [0.5, 0.6) is 5.75 Å². The minimum absolute atomic E-state index is 0.0407. The molecule has 7 nitrogen and oxygen atoms in total. The standard InChI is InChI=1S/C20H20ClN5O2/c1-12-15(10-13-6-4-3-5-7-13)18(27)25-20(23-12)26-19(22)24-16-11-14(21)8-9-17(16)28-2/h3-9,11H,10H2,1-2H3,(H4,22,23,24,25,26,27). The van der Waals surface area contributed by atoms with E-state index in [4.69, 9.17) is 22.1 Å². The summed E-state index contributed by atoms with van der Waals surface area (Å²) >= 11 is 6.01. The van der Waals surface area contributed by atoms with Gasteiger partial charge in [-0.25, -0.2) is 4.98 Å². The van der Waals surface area contributed by atoms with E-state index in [1.807, 2.05) is 30.3 Å². The number of nitrogens with zero attached hydrogens (tertiary/aromatic N) is 2. The van der Waals surface area contributed by atoms with Crippen LogP contribution in [-0.4, -0.2) is 23.0 Å². The number of methoxy groups -OCH3 is 1. The van der Waals surface area contributed by atoms with Gasteiger partial charge in [-0.2, -0.15) is 4.99 Å². The zero-order valence-corrected chi connectivity index (χ0v) is 16.2. The predicted molar refractivity (Wildman–Crippen MR) is 112 cm³/mol. The van der Waals surface area contributed by atoms with E-state index >= 15 is 0 Å². The van der Waals surface area contributed by atoms with E-state index in [0.717, 1.165) is 5.56 Å². The third-order valence-corrected chi connectivity index (χ3v) is 4.32. The van der Waals surface area contributed by atoms with Crippen LogP contribution in [0.25, 0.3) is 0 Å². The highest BCUT2D eigenvalue weighted by atomic mass is 35.5. The Morgan fingerprint density at radius 2 is 2.04 bits per heavy atom. The molecule has 0 spiro atoms. The maximum atomic E-state index is 12.5. The number of guanidine groups is 1. The maximum Gasteiger partial charge on any atom is 0.256 e. The molecule has 0 aliphatic carbocycles. The summed E-state index contributed by atoms with van der Waals surface area (Å²) in [7, 11) is 1.54. The van der Waals surface area contributed by atoms with E-state index in [-0.39, 0.29) is 17.5 Å². The smallest absolute Gasteiger partial charge is 0.256 e. The number of anilines is 1. The van der Waals surface area contributed by atoms with Crippen LogP contribution in [0.15, 0.2) is 58.3 Å². The zero-order valence-electron chi connectivity index (χ0n) is 15.5. The molecule has 3 aromatic rings. The number of hydrogen-bond acceptors (Lipinski definition) is 4. The van der Waals surface area contributed by atoms with Gasteiger partial charge < -0.3 is 15.8 Å². The Labute approximate surface area is 167 Å². The average Bonchev–Trinajstić information content (AvgIpc) is 2.66. The number of H-pyrrole nitrogens is 1. The molecule has 0 fully saturated rings. The second-order valence-corrected chi connectivity index (χ2v) is 6.52. The van der Waals surface area contributed by atoms with Gasteiger partial charge in [0.2, 0.25) is 11.9 Å². The van der Waals surface area contributed by atoms with Crippen LogP contribution in [0.4, 0.5) is 11.6 Å². The minimum atomic E-state index is -0.247. The van der Waals surface area contributed by atoms with Gasteiger partial charge in [0.15, 0.2) is 0 Å². The highest BCUT2D eigenvalue weighted by Crippen LogP contribution is 2.27. The van der Waals surface area contributed by atoms with Crippen molar-refractivity contribution in [3.05, 3.63) is 80.7 Å². The van der Waals surface area contributed by atoms with E-state index in [9.17, 15) is 4.79 Å². The molecule has 0 radical (unpaired) electrons. The third kappa shape index (κ3) is 4.69. The van der Waals surface area contributed by atoms with Crippen LogP contribution in [0.1, 0.15) is 16.8 Å². The van der Waals surface area contributed by atoms with Gasteiger partial charge in [-0.05, 0) is 30.7 Å². The predicted octanol–water partition coefficient (Wildman–Crippen LogP) is 3.39. The fraction of sp³-hybridized carbons (Fsp3) is 0.150. The molecule has 0 saturated heterocycles. The number of aryl methyl sites for hydroxylation is 1. The third-order valence-electron chi connectivity index (χ3n) is 4.08. The second kappa shape index (κ2) is 8.58. The molecular formula is C20H20ClN5O2. The topological polar surface area (TPSA) is 105 Å². The molecule has 8 heteroatoms. The molecule has 3 rings (SSSR count). The van der Waals surface area contributed by atoms with Gasteiger partial charge in [0.05, 0.1) is 18.5 Å². The number of benzene rings is 2. The number of aromatic amines is 1. The molecule has 0 aliphatic heterocycles. The fourth-order valence-corrected chi connectivity index (χ4v) is 2.89. The van der Waals surface area contributed by atoms with Crippen molar-refractivity contribution < 1.29 is 4.74 Å². The largest absolute Gasteiger partial charge is 0.495 e. The first-order valence-electron chi connectivity index (χ1n) is 8.54. The molecule has 0 saturated carbocycles. The monoisotopic (exact) mass is 397 g/mol. The van der Waals surface area contributed by atoms with Crippen LogP contribution in [0, 0.1) is 6.92 Å². The number of ether oxygens (including phenoxy) is 1. The van der Waals surface area contributed by atoms with Crippen molar-refractivity contribution in [3.8, 4) is 5.75 Å². The Morgan fingerprint density at radius 3 is 2.71 bits per heavy atom. The van der Waals surface area contributed by atoms with E-state index < -0.39 is 0 Å². The molecule has 0 unspecified atom stereocenters. The molecule has 0 amide bonds. The molecule has 0 aliphatic rings. The number of nitrogens with two attached hydrogens (primary N) is 1. The number of aliphatic imine (C=N–C) groups is 1. The summed E-state index contributed by atoms with van der Waals surface area (Å²) in [6, 6.07) is 14.8. The fourth-order valence-electron chi connectivity index (χ4n) is 2.71. The summed E-state index contributed by atoms with van der Waals surface area (Å²) in [6.07, 6.45) is 0.493. The lowest BCUT2D eigenvalue weighted by molar-refractivity contribution is 0.417. The molecule has 2 aromatic carbocycles. The van der Waals surface area contributed by atoms with Crippen molar-refractivity contribution in [1.29, 1.82) is 0 Å². The van der Waals surface area contributed by atoms with E-state index in [0.29, 0.717) is 34.1 Å². The van der Waals surface area contributed by atoms with Crippen molar-refractivity contribution in [2.45, 2.75) is 13.3 Å². The van der Waals surface area contributed by atoms with Crippen molar-refractivity contribution in [2.24, 2.45) is 10.7 Å². The first-order chi connectivity index (χ1) is 13.5. The van der Waals surface area contributed by atoms with E-state index in [1.165, 1.54) is 7.11 Å². The molecule has 0 atom stereocenters. The summed E-state index contributed by atoms with van der Waals surface area (Å²) in [5.74, 6) is 0.711. The number of rotatable bonds is 5. The number of hydrogen-bond donors (Lipinski definition) is 3. The Morgan fingerprint density at radius 1 is 1.29 bits per heavy atom. The lowest BCUT2D eigenvalue weighted by Crippen LogP contribution is -2.23. The minimum Gasteiger partial charge on any atom is -0.495 e. The van der Waals surface area contributed by atoms with Gasteiger partial charge in [-0.15, -0.1) is 0 Å². The van der Waals surface area contributed by atoms with Gasteiger partial charge in [-0.1, -0.05) is 41.9 Å². The molecule has 1 aromatic heterocycles. The molecule has 1 heterocycles. The molecule has 0 bridgehead atoms. The number of aromatic nitrogens is 2.